The molecule has 2 aliphatic rings. The maximum absolute atomic E-state index is 13.6. The smallest absolute Gasteiger partial charge is 0.269 e. The molecule has 0 bridgehead atoms. The first-order valence-corrected chi connectivity index (χ1v) is 12.7. The molecule has 0 atom stereocenters. The SMILES string of the molecule is CC1CCN(C(=O)c2cc(NC(=O)/C=C/c3ccc([N+](=O)[O-])cc3)ccc2N2CCC(C)CC2)CC1. The summed E-state index contributed by atoms with van der Waals surface area (Å²) in [6, 6.07) is 11.6. The van der Waals surface area contributed by atoms with Gasteiger partial charge in [-0.25, -0.2) is 0 Å². The van der Waals surface area contributed by atoms with E-state index in [1.807, 2.05) is 17.0 Å². The molecule has 2 saturated heterocycles. The fourth-order valence-electron chi connectivity index (χ4n) is 4.76. The van der Waals surface area contributed by atoms with Crippen molar-refractivity contribution in [2.45, 2.75) is 39.5 Å². The van der Waals surface area contributed by atoms with Crippen molar-refractivity contribution < 1.29 is 14.5 Å². The molecule has 8 nitrogen and oxygen atoms in total. The minimum Gasteiger partial charge on any atom is -0.371 e. The van der Waals surface area contributed by atoms with Gasteiger partial charge in [0.05, 0.1) is 10.5 Å². The maximum Gasteiger partial charge on any atom is 0.269 e. The highest BCUT2D eigenvalue weighted by Gasteiger charge is 2.27. The first kappa shape index (κ1) is 25.4. The first-order chi connectivity index (χ1) is 17.3. The van der Waals surface area contributed by atoms with Crippen LogP contribution in [-0.4, -0.2) is 47.8 Å². The van der Waals surface area contributed by atoms with E-state index in [1.54, 1.807) is 24.3 Å². The number of carbonyl (C=O) groups excluding carboxylic acids is 2. The number of benzene rings is 2. The highest BCUT2D eigenvalue weighted by molar-refractivity contribution is 6.05. The highest BCUT2D eigenvalue weighted by atomic mass is 16.6. The normalized spacial score (nSPS) is 17.4. The summed E-state index contributed by atoms with van der Waals surface area (Å²) in [7, 11) is 0. The van der Waals surface area contributed by atoms with Gasteiger partial charge in [0.2, 0.25) is 5.91 Å². The molecule has 36 heavy (non-hydrogen) atoms. The van der Waals surface area contributed by atoms with Gasteiger partial charge in [-0.05, 0) is 79.5 Å². The lowest BCUT2D eigenvalue weighted by Gasteiger charge is -2.35. The van der Waals surface area contributed by atoms with Crippen LogP contribution >= 0.6 is 0 Å². The molecular formula is C28H34N4O4. The third-order valence-corrected chi connectivity index (χ3v) is 7.22. The number of rotatable bonds is 6. The number of carbonyl (C=O) groups is 2. The highest BCUT2D eigenvalue weighted by Crippen LogP contribution is 2.31. The lowest BCUT2D eigenvalue weighted by atomic mass is 9.96. The molecule has 2 aliphatic heterocycles. The van der Waals surface area contributed by atoms with Gasteiger partial charge >= 0.3 is 0 Å². The Balaban J connectivity index is 1.51. The third kappa shape index (κ3) is 6.30. The molecule has 8 heteroatoms. The monoisotopic (exact) mass is 490 g/mol. The Morgan fingerprint density at radius 1 is 0.944 bits per heavy atom. The molecule has 0 saturated carbocycles. The number of amides is 2. The number of nitro groups is 1. The van der Waals surface area contributed by atoms with E-state index < -0.39 is 4.92 Å². The van der Waals surface area contributed by atoms with E-state index in [9.17, 15) is 19.7 Å². The molecular weight excluding hydrogens is 456 g/mol. The Morgan fingerprint density at radius 3 is 2.17 bits per heavy atom. The quantitative estimate of drug-likeness (QED) is 0.334. The van der Waals surface area contributed by atoms with E-state index in [2.05, 4.69) is 24.1 Å². The summed E-state index contributed by atoms with van der Waals surface area (Å²) < 4.78 is 0. The molecule has 0 radical (unpaired) electrons. The standard InChI is InChI=1S/C28H34N4O4/c1-20-11-15-30(16-12-20)26-9-6-23(19-25(26)28(34)31-17-13-21(2)14-18-31)29-27(33)10-5-22-3-7-24(8-4-22)32(35)36/h3-10,19-21H,11-18H2,1-2H3,(H,29,33)/b10-5+. The van der Waals surface area contributed by atoms with Crippen molar-refractivity contribution in [2.24, 2.45) is 11.8 Å². The molecule has 190 valence electrons. The molecule has 1 N–H and O–H groups in total. The van der Waals surface area contributed by atoms with Crippen molar-refractivity contribution in [3.05, 3.63) is 69.8 Å². The van der Waals surface area contributed by atoms with Crippen LogP contribution in [0.5, 0.6) is 0 Å². The van der Waals surface area contributed by atoms with Crippen LogP contribution in [0.25, 0.3) is 6.08 Å². The number of hydrogen-bond donors (Lipinski definition) is 1. The maximum atomic E-state index is 13.6. The average Bonchev–Trinajstić information content (AvgIpc) is 2.88. The lowest BCUT2D eigenvalue weighted by Crippen LogP contribution is -2.40. The van der Waals surface area contributed by atoms with E-state index in [0.29, 0.717) is 28.7 Å². The average molecular weight is 491 g/mol. The molecule has 2 aromatic carbocycles. The Hall–Kier alpha value is -3.68. The molecule has 2 amide bonds. The van der Waals surface area contributed by atoms with Crippen molar-refractivity contribution in [3.63, 3.8) is 0 Å². The van der Waals surface area contributed by atoms with Crippen LogP contribution in [0.1, 0.15) is 55.5 Å². The van der Waals surface area contributed by atoms with Crippen molar-refractivity contribution in [1.82, 2.24) is 4.90 Å². The summed E-state index contributed by atoms with van der Waals surface area (Å²) >= 11 is 0. The van der Waals surface area contributed by atoms with Gasteiger partial charge in [-0.3, -0.25) is 19.7 Å². The summed E-state index contributed by atoms with van der Waals surface area (Å²) in [6.45, 7) is 7.84. The van der Waals surface area contributed by atoms with E-state index in [1.165, 1.54) is 18.2 Å². The lowest BCUT2D eigenvalue weighted by molar-refractivity contribution is -0.384. The number of nitro benzene ring substituents is 1. The van der Waals surface area contributed by atoms with Gasteiger partial charge in [0.1, 0.15) is 0 Å². The van der Waals surface area contributed by atoms with E-state index in [-0.39, 0.29) is 17.5 Å². The predicted octanol–water partition coefficient (Wildman–Crippen LogP) is 5.36. The molecule has 0 unspecified atom stereocenters. The number of nitrogens with zero attached hydrogens (tertiary/aromatic N) is 3. The zero-order valence-electron chi connectivity index (χ0n) is 21.0. The third-order valence-electron chi connectivity index (χ3n) is 7.22. The summed E-state index contributed by atoms with van der Waals surface area (Å²) in [6.07, 6.45) is 7.19. The van der Waals surface area contributed by atoms with Crippen LogP contribution in [0.3, 0.4) is 0 Å². The van der Waals surface area contributed by atoms with Crippen molar-refractivity contribution in [3.8, 4) is 0 Å². The van der Waals surface area contributed by atoms with Gasteiger partial charge in [-0.1, -0.05) is 13.8 Å². The minimum atomic E-state index is -0.461. The molecule has 0 aliphatic carbocycles. The Bertz CT molecular complexity index is 1130. The van der Waals surface area contributed by atoms with Crippen LogP contribution in [0.2, 0.25) is 0 Å². The number of likely N-dealkylation sites (tertiary alicyclic amines) is 1. The topological polar surface area (TPSA) is 95.8 Å². The second kappa shape index (κ2) is 11.4. The fraction of sp³-hybridized carbons (Fsp3) is 0.429. The minimum absolute atomic E-state index is 0.000198. The molecule has 0 spiro atoms. The van der Waals surface area contributed by atoms with Gasteiger partial charge in [0, 0.05) is 55.8 Å². The summed E-state index contributed by atoms with van der Waals surface area (Å²) in [5.74, 6) is 1.00. The van der Waals surface area contributed by atoms with Crippen molar-refractivity contribution in [1.29, 1.82) is 0 Å². The number of hydrogen-bond acceptors (Lipinski definition) is 5. The fourth-order valence-corrected chi connectivity index (χ4v) is 4.76. The zero-order chi connectivity index (χ0) is 25.7. The second-order valence-corrected chi connectivity index (χ2v) is 10.0. The Kier molecular flexibility index (Phi) is 8.03. The number of non-ortho nitro benzene ring substituents is 1. The summed E-state index contributed by atoms with van der Waals surface area (Å²) in [4.78, 5) is 40.7. The van der Waals surface area contributed by atoms with Gasteiger partial charge in [0.25, 0.3) is 11.6 Å². The molecule has 2 heterocycles. The summed E-state index contributed by atoms with van der Waals surface area (Å²) in [5, 5.41) is 13.7. The molecule has 2 aromatic rings. The number of nitrogens with one attached hydrogen (secondary N) is 1. The predicted molar refractivity (Wildman–Crippen MR) is 142 cm³/mol. The Labute approximate surface area is 212 Å². The first-order valence-electron chi connectivity index (χ1n) is 12.7. The van der Waals surface area contributed by atoms with Crippen LogP contribution in [0.4, 0.5) is 17.1 Å². The van der Waals surface area contributed by atoms with Crippen molar-refractivity contribution in [2.75, 3.05) is 36.4 Å². The molecule has 4 rings (SSSR count). The van der Waals surface area contributed by atoms with Gasteiger partial charge < -0.3 is 15.1 Å². The van der Waals surface area contributed by atoms with Gasteiger partial charge in [-0.15, -0.1) is 0 Å². The van der Waals surface area contributed by atoms with E-state index in [0.717, 1.165) is 57.5 Å². The van der Waals surface area contributed by atoms with E-state index >= 15 is 0 Å². The van der Waals surface area contributed by atoms with Gasteiger partial charge in [-0.2, -0.15) is 0 Å². The van der Waals surface area contributed by atoms with Crippen LogP contribution < -0.4 is 10.2 Å². The van der Waals surface area contributed by atoms with Crippen molar-refractivity contribution >= 4 is 35.0 Å². The van der Waals surface area contributed by atoms with Crippen LogP contribution in [0.15, 0.2) is 48.5 Å². The molecule has 0 aromatic heterocycles. The second-order valence-electron chi connectivity index (χ2n) is 10.0. The van der Waals surface area contributed by atoms with Gasteiger partial charge in [0.15, 0.2) is 0 Å². The number of piperidine rings is 2. The zero-order valence-corrected chi connectivity index (χ0v) is 21.0. The number of anilines is 2. The van der Waals surface area contributed by atoms with E-state index in [4.69, 9.17) is 0 Å². The Morgan fingerprint density at radius 2 is 1.56 bits per heavy atom. The largest absolute Gasteiger partial charge is 0.371 e. The van der Waals surface area contributed by atoms with Crippen LogP contribution in [0, 0.1) is 22.0 Å². The van der Waals surface area contributed by atoms with Crippen LogP contribution in [-0.2, 0) is 4.79 Å². The summed E-state index contributed by atoms with van der Waals surface area (Å²) in [5.41, 5.74) is 2.82. The molecule has 2 fully saturated rings.